The zero-order valence-electron chi connectivity index (χ0n) is 9.91. The summed E-state index contributed by atoms with van der Waals surface area (Å²) in [5, 5.41) is 12.5. The van der Waals surface area contributed by atoms with Crippen molar-refractivity contribution in [3.05, 3.63) is 50.4 Å². The molecule has 0 aliphatic carbocycles. The standard InChI is InChI=1S/C13H12ClFO2S/c1-7-6-18-13(10(7)14)12(16)8-4-3-5-9(17-2)11(8)15/h3-6,12,16H,1-2H3. The van der Waals surface area contributed by atoms with Crippen molar-refractivity contribution < 1.29 is 14.2 Å². The van der Waals surface area contributed by atoms with Crippen molar-refractivity contribution in [2.24, 2.45) is 0 Å². The quantitative estimate of drug-likeness (QED) is 0.926. The minimum absolute atomic E-state index is 0.107. The van der Waals surface area contributed by atoms with Gasteiger partial charge in [-0.05, 0) is 23.9 Å². The van der Waals surface area contributed by atoms with E-state index in [0.717, 1.165) is 5.56 Å². The molecule has 0 bridgehead atoms. The summed E-state index contributed by atoms with van der Waals surface area (Å²) in [6.07, 6.45) is -1.08. The van der Waals surface area contributed by atoms with Gasteiger partial charge in [0.15, 0.2) is 11.6 Å². The molecule has 2 nitrogen and oxygen atoms in total. The number of aliphatic hydroxyl groups is 1. The first-order chi connectivity index (χ1) is 8.56. The molecule has 0 saturated heterocycles. The van der Waals surface area contributed by atoms with Crippen LogP contribution in [-0.4, -0.2) is 12.2 Å². The Bertz CT molecular complexity index is 568. The van der Waals surface area contributed by atoms with Gasteiger partial charge in [-0.1, -0.05) is 23.7 Å². The minimum atomic E-state index is -1.08. The van der Waals surface area contributed by atoms with Crippen LogP contribution in [0.5, 0.6) is 5.75 Å². The molecule has 0 radical (unpaired) electrons. The number of hydrogen-bond donors (Lipinski definition) is 1. The molecule has 2 aromatic rings. The summed E-state index contributed by atoms with van der Waals surface area (Å²) >= 11 is 7.39. The number of halogens is 2. The highest BCUT2D eigenvalue weighted by Crippen LogP contribution is 2.37. The molecule has 2 rings (SSSR count). The van der Waals surface area contributed by atoms with Gasteiger partial charge in [-0.3, -0.25) is 0 Å². The van der Waals surface area contributed by atoms with Gasteiger partial charge < -0.3 is 9.84 Å². The van der Waals surface area contributed by atoms with E-state index in [1.54, 1.807) is 6.07 Å². The maximum Gasteiger partial charge on any atom is 0.171 e. The highest BCUT2D eigenvalue weighted by atomic mass is 35.5. The van der Waals surface area contributed by atoms with E-state index in [0.29, 0.717) is 9.90 Å². The van der Waals surface area contributed by atoms with E-state index < -0.39 is 11.9 Å². The van der Waals surface area contributed by atoms with E-state index in [1.807, 2.05) is 12.3 Å². The molecule has 0 spiro atoms. The first-order valence-corrected chi connectivity index (χ1v) is 6.56. The third-order valence-electron chi connectivity index (χ3n) is 2.68. The molecule has 18 heavy (non-hydrogen) atoms. The Balaban J connectivity index is 2.46. The first-order valence-electron chi connectivity index (χ1n) is 5.30. The molecule has 0 aliphatic rings. The van der Waals surface area contributed by atoms with Gasteiger partial charge in [0, 0.05) is 5.56 Å². The van der Waals surface area contributed by atoms with E-state index in [1.165, 1.54) is 30.6 Å². The summed E-state index contributed by atoms with van der Waals surface area (Å²) in [5.41, 5.74) is 1.04. The highest BCUT2D eigenvalue weighted by Gasteiger charge is 2.22. The van der Waals surface area contributed by atoms with Crippen LogP contribution in [0.15, 0.2) is 23.6 Å². The van der Waals surface area contributed by atoms with Crippen LogP contribution in [0.4, 0.5) is 4.39 Å². The average Bonchev–Trinajstić information content (AvgIpc) is 2.70. The van der Waals surface area contributed by atoms with Gasteiger partial charge in [0.05, 0.1) is 17.0 Å². The van der Waals surface area contributed by atoms with Crippen LogP contribution in [0, 0.1) is 12.7 Å². The number of aryl methyl sites for hydroxylation is 1. The summed E-state index contributed by atoms with van der Waals surface area (Å²) in [7, 11) is 1.39. The lowest BCUT2D eigenvalue weighted by Crippen LogP contribution is -2.03. The molecular formula is C13H12ClFO2S. The monoisotopic (exact) mass is 286 g/mol. The molecule has 1 aromatic carbocycles. The van der Waals surface area contributed by atoms with Crippen molar-refractivity contribution in [2.45, 2.75) is 13.0 Å². The van der Waals surface area contributed by atoms with Crippen LogP contribution in [-0.2, 0) is 0 Å². The smallest absolute Gasteiger partial charge is 0.171 e. The highest BCUT2D eigenvalue weighted by molar-refractivity contribution is 7.10. The molecule has 5 heteroatoms. The minimum Gasteiger partial charge on any atom is -0.494 e. The fraction of sp³-hybridized carbons (Fsp3) is 0.231. The Kier molecular flexibility index (Phi) is 3.90. The van der Waals surface area contributed by atoms with Crippen LogP contribution >= 0.6 is 22.9 Å². The molecule has 0 saturated carbocycles. The normalized spacial score (nSPS) is 12.5. The van der Waals surface area contributed by atoms with Crippen molar-refractivity contribution >= 4 is 22.9 Å². The summed E-state index contributed by atoms with van der Waals surface area (Å²) in [5.74, 6) is -0.453. The van der Waals surface area contributed by atoms with Gasteiger partial charge in [0.2, 0.25) is 0 Å². The van der Waals surface area contributed by atoms with Crippen molar-refractivity contribution in [3.8, 4) is 5.75 Å². The zero-order valence-corrected chi connectivity index (χ0v) is 11.5. The lowest BCUT2D eigenvalue weighted by Gasteiger charge is -2.13. The van der Waals surface area contributed by atoms with E-state index in [-0.39, 0.29) is 11.3 Å². The molecule has 1 aromatic heterocycles. The fourth-order valence-corrected chi connectivity index (χ4v) is 2.97. The molecule has 1 atom stereocenters. The maximum absolute atomic E-state index is 14.0. The third kappa shape index (κ3) is 2.23. The molecule has 0 aliphatic heterocycles. The largest absolute Gasteiger partial charge is 0.494 e. The van der Waals surface area contributed by atoms with Crippen molar-refractivity contribution in [1.29, 1.82) is 0 Å². The Morgan fingerprint density at radius 2 is 2.17 bits per heavy atom. The van der Waals surface area contributed by atoms with Crippen LogP contribution in [0.1, 0.15) is 22.1 Å². The average molecular weight is 287 g/mol. The second-order valence-electron chi connectivity index (χ2n) is 3.86. The number of aliphatic hydroxyl groups excluding tert-OH is 1. The summed E-state index contributed by atoms with van der Waals surface area (Å²) < 4.78 is 18.9. The maximum atomic E-state index is 14.0. The molecule has 1 heterocycles. The van der Waals surface area contributed by atoms with E-state index in [2.05, 4.69) is 0 Å². The lowest BCUT2D eigenvalue weighted by atomic mass is 10.1. The topological polar surface area (TPSA) is 29.5 Å². The molecule has 1 unspecified atom stereocenters. The summed E-state index contributed by atoms with van der Waals surface area (Å²) in [6, 6.07) is 4.66. The molecule has 1 N–H and O–H groups in total. The Morgan fingerprint density at radius 1 is 1.44 bits per heavy atom. The number of methoxy groups -OCH3 is 1. The number of thiophene rings is 1. The van der Waals surface area contributed by atoms with E-state index >= 15 is 0 Å². The predicted molar refractivity (Wildman–Crippen MR) is 71.1 cm³/mol. The number of hydrogen-bond acceptors (Lipinski definition) is 3. The third-order valence-corrected chi connectivity index (χ3v) is 4.45. The van der Waals surface area contributed by atoms with E-state index in [4.69, 9.17) is 16.3 Å². The molecular weight excluding hydrogens is 275 g/mol. The van der Waals surface area contributed by atoms with Crippen molar-refractivity contribution in [3.63, 3.8) is 0 Å². The van der Waals surface area contributed by atoms with Gasteiger partial charge >= 0.3 is 0 Å². The van der Waals surface area contributed by atoms with Crippen molar-refractivity contribution in [1.82, 2.24) is 0 Å². The zero-order chi connectivity index (χ0) is 13.3. The Labute approximate surface area is 114 Å². The summed E-state index contributed by atoms with van der Waals surface area (Å²) in [4.78, 5) is 0.543. The second kappa shape index (κ2) is 5.26. The van der Waals surface area contributed by atoms with Crippen LogP contribution in [0.25, 0.3) is 0 Å². The van der Waals surface area contributed by atoms with Crippen LogP contribution in [0.2, 0.25) is 5.02 Å². The number of benzene rings is 1. The van der Waals surface area contributed by atoms with Gasteiger partial charge in [-0.15, -0.1) is 11.3 Å². The molecule has 96 valence electrons. The van der Waals surface area contributed by atoms with Gasteiger partial charge in [0.25, 0.3) is 0 Å². The Hall–Kier alpha value is -1.10. The SMILES string of the molecule is COc1cccc(C(O)c2scc(C)c2Cl)c1F. The number of ether oxygens (including phenoxy) is 1. The van der Waals surface area contributed by atoms with E-state index in [9.17, 15) is 9.50 Å². The van der Waals surface area contributed by atoms with Crippen LogP contribution < -0.4 is 4.74 Å². The fourth-order valence-electron chi connectivity index (χ4n) is 1.67. The predicted octanol–water partition coefficient (Wildman–Crippen LogP) is 3.94. The second-order valence-corrected chi connectivity index (χ2v) is 5.15. The summed E-state index contributed by atoms with van der Waals surface area (Å²) in [6.45, 7) is 1.84. The van der Waals surface area contributed by atoms with Gasteiger partial charge in [0.1, 0.15) is 6.10 Å². The Morgan fingerprint density at radius 3 is 2.72 bits per heavy atom. The number of rotatable bonds is 3. The van der Waals surface area contributed by atoms with Crippen molar-refractivity contribution in [2.75, 3.05) is 7.11 Å². The molecule has 0 fully saturated rings. The molecule has 0 amide bonds. The first kappa shape index (κ1) is 13.3. The van der Waals surface area contributed by atoms with Gasteiger partial charge in [-0.2, -0.15) is 0 Å². The van der Waals surface area contributed by atoms with Crippen LogP contribution in [0.3, 0.4) is 0 Å². The van der Waals surface area contributed by atoms with Gasteiger partial charge in [-0.25, -0.2) is 4.39 Å². The lowest BCUT2D eigenvalue weighted by molar-refractivity contribution is 0.217.